The fourth-order valence-electron chi connectivity index (χ4n) is 2.70. The molecule has 0 radical (unpaired) electrons. The summed E-state index contributed by atoms with van der Waals surface area (Å²) in [5.74, 6) is 0.754. The van der Waals surface area contributed by atoms with Gasteiger partial charge in [-0.15, -0.1) is 0 Å². The quantitative estimate of drug-likeness (QED) is 0.877. The fraction of sp³-hybridized carbons (Fsp3) is 0.714. The van der Waals surface area contributed by atoms with Crippen LogP contribution in [0, 0.1) is 5.92 Å². The lowest BCUT2D eigenvalue weighted by Crippen LogP contribution is -2.45. The van der Waals surface area contributed by atoms with Crippen molar-refractivity contribution in [1.82, 2.24) is 19.8 Å². The van der Waals surface area contributed by atoms with E-state index in [4.69, 9.17) is 0 Å². The van der Waals surface area contributed by atoms with Crippen LogP contribution in [0.5, 0.6) is 0 Å². The number of piperidine rings is 1. The van der Waals surface area contributed by atoms with Crippen LogP contribution in [0.2, 0.25) is 0 Å². The summed E-state index contributed by atoms with van der Waals surface area (Å²) >= 11 is 0. The number of likely N-dealkylation sites (tertiary alicyclic amines) is 1. The molecule has 2 fully saturated rings. The average molecular weight is 262 g/mol. The molecule has 5 heteroatoms. The molecule has 3 rings (SSSR count). The van der Waals surface area contributed by atoms with Crippen molar-refractivity contribution in [1.29, 1.82) is 0 Å². The zero-order chi connectivity index (χ0) is 13.2. The van der Waals surface area contributed by atoms with Crippen LogP contribution in [0.25, 0.3) is 0 Å². The Kier molecular flexibility index (Phi) is 3.55. The largest absolute Gasteiger partial charge is 0.342 e. The Bertz CT molecular complexity index is 444. The van der Waals surface area contributed by atoms with Gasteiger partial charge in [0.15, 0.2) is 0 Å². The first-order valence-corrected chi connectivity index (χ1v) is 7.21. The number of imidazole rings is 1. The minimum atomic E-state index is 0.360. The van der Waals surface area contributed by atoms with Crippen LogP contribution >= 0.6 is 0 Å². The highest BCUT2D eigenvalue weighted by Gasteiger charge is 2.34. The highest BCUT2D eigenvalue weighted by molar-refractivity contribution is 5.81. The van der Waals surface area contributed by atoms with Crippen molar-refractivity contribution in [3.63, 3.8) is 0 Å². The summed E-state index contributed by atoms with van der Waals surface area (Å²) in [6.07, 6.45) is 8.08. The second kappa shape index (κ2) is 5.33. The third-order valence-corrected chi connectivity index (χ3v) is 4.22. The third kappa shape index (κ3) is 2.97. The maximum atomic E-state index is 12.0. The van der Waals surface area contributed by atoms with E-state index in [9.17, 15) is 4.79 Å². The number of amides is 1. The molecule has 1 saturated heterocycles. The number of nitrogens with zero attached hydrogens (tertiary/aromatic N) is 3. The molecule has 0 aromatic carbocycles. The molecule has 1 aliphatic heterocycles. The van der Waals surface area contributed by atoms with Gasteiger partial charge >= 0.3 is 0 Å². The molecule has 1 saturated carbocycles. The summed E-state index contributed by atoms with van der Waals surface area (Å²) in [5, 5.41) is 3.57. The van der Waals surface area contributed by atoms with Crippen molar-refractivity contribution in [2.24, 2.45) is 13.0 Å². The lowest BCUT2D eigenvalue weighted by Gasteiger charge is -2.32. The Morgan fingerprint density at radius 3 is 2.68 bits per heavy atom. The number of rotatable bonds is 4. The van der Waals surface area contributed by atoms with Crippen molar-refractivity contribution in [2.45, 2.75) is 38.3 Å². The number of aromatic nitrogens is 2. The van der Waals surface area contributed by atoms with Gasteiger partial charge in [-0.1, -0.05) is 0 Å². The molecule has 0 bridgehead atoms. The van der Waals surface area contributed by atoms with Crippen molar-refractivity contribution >= 4 is 5.91 Å². The number of hydrogen-bond donors (Lipinski definition) is 1. The average Bonchev–Trinajstić information content (AvgIpc) is 3.20. The van der Waals surface area contributed by atoms with Gasteiger partial charge in [-0.3, -0.25) is 4.79 Å². The highest BCUT2D eigenvalue weighted by Crippen LogP contribution is 2.31. The Hall–Kier alpha value is -1.36. The van der Waals surface area contributed by atoms with Crippen molar-refractivity contribution < 1.29 is 4.79 Å². The van der Waals surface area contributed by atoms with Gasteiger partial charge in [0, 0.05) is 44.8 Å². The van der Waals surface area contributed by atoms with E-state index in [1.165, 1.54) is 5.69 Å². The Labute approximate surface area is 114 Å². The topological polar surface area (TPSA) is 50.2 Å². The minimum Gasteiger partial charge on any atom is -0.342 e. The summed E-state index contributed by atoms with van der Waals surface area (Å²) < 4.78 is 2.04. The second-order valence-corrected chi connectivity index (χ2v) is 5.75. The summed E-state index contributed by atoms with van der Waals surface area (Å²) in [6, 6.07) is 0.526. The molecule has 1 aromatic rings. The number of aryl methyl sites for hydroxylation is 1. The van der Waals surface area contributed by atoms with Gasteiger partial charge in [-0.05, 0) is 25.7 Å². The van der Waals surface area contributed by atoms with Gasteiger partial charge < -0.3 is 14.8 Å². The first kappa shape index (κ1) is 12.7. The van der Waals surface area contributed by atoms with Crippen LogP contribution in [0.15, 0.2) is 12.5 Å². The molecule has 19 heavy (non-hydrogen) atoms. The molecule has 0 spiro atoms. The van der Waals surface area contributed by atoms with Crippen LogP contribution < -0.4 is 5.32 Å². The highest BCUT2D eigenvalue weighted by atomic mass is 16.2. The van der Waals surface area contributed by atoms with Crippen LogP contribution in [-0.4, -0.2) is 39.5 Å². The van der Waals surface area contributed by atoms with E-state index in [2.05, 4.69) is 15.2 Å². The molecule has 0 unspecified atom stereocenters. The SMILES string of the molecule is Cn1cncc1CNC1CCN(C(=O)C2CC2)CC1. The molecule has 1 N–H and O–H groups in total. The molecule has 104 valence electrons. The third-order valence-electron chi connectivity index (χ3n) is 4.22. The lowest BCUT2D eigenvalue weighted by atomic mass is 10.0. The Morgan fingerprint density at radius 2 is 2.11 bits per heavy atom. The lowest BCUT2D eigenvalue weighted by molar-refractivity contribution is -0.133. The predicted octanol–water partition coefficient (Wildman–Crippen LogP) is 0.911. The van der Waals surface area contributed by atoms with Crippen molar-refractivity contribution in [3.8, 4) is 0 Å². The fourth-order valence-corrected chi connectivity index (χ4v) is 2.70. The standard InChI is InChI=1S/C14H22N4O/c1-17-10-15-8-13(17)9-16-12-4-6-18(7-5-12)14(19)11-2-3-11/h8,10-12,16H,2-7,9H2,1H3. The van der Waals surface area contributed by atoms with Gasteiger partial charge in [0.25, 0.3) is 0 Å². The summed E-state index contributed by atoms with van der Waals surface area (Å²) in [6.45, 7) is 2.69. The van der Waals surface area contributed by atoms with Gasteiger partial charge in [0.05, 0.1) is 12.0 Å². The van der Waals surface area contributed by atoms with E-state index in [0.717, 1.165) is 45.3 Å². The molecule has 2 heterocycles. The second-order valence-electron chi connectivity index (χ2n) is 5.75. The van der Waals surface area contributed by atoms with Gasteiger partial charge in [0.2, 0.25) is 5.91 Å². The normalized spacial score (nSPS) is 20.8. The number of carbonyl (C=O) groups is 1. The molecular weight excluding hydrogens is 240 g/mol. The van der Waals surface area contributed by atoms with Crippen molar-refractivity contribution in [3.05, 3.63) is 18.2 Å². The van der Waals surface area contributed by atoms with Gasteiger partial charge in [0.1, 0.15) is 0 Å². The minimum absolute atomic E-state index is 0.360. The zero-order valence-electron chi connectivity index (χ0n) is 11.5. The molecule has 2 aliphatic rings. The number of hydrogen-bond acceptors (Lipinski definition) is 3. The van der Waals surface area contributed by atoms with E-state index in [-0.39, 0.29) is 0 Å². The van der Waals surface area contributed by atoms with Crippen LogP contribution in [0.3, 0.4) is 0 Å². The Balaban J connectivity index is 1.43. The number of carbonyl (C=O) groups excluding carboxylic acids is 1. The van der Waals surface area contributed by atoms with Gasteiger partial charge in [-0.25, -0.2) is 4.98 Å². The van der Waals surface area contributed by atoms with Crippen LogP contribution in [0.4, 0.5) is 0 Å². The van der Waals surface area contributed by atoms with E-state index in [1.54, 1.807) is 0 Å². The molecular formula is C14H22N4O. The van der Waals surface area contributed by atoms with E-state index >= 15 is 0 Å². The first-order valence-electron chi connectivity index (χ1n) is 7.21. The van der Waals surface area contributed by atoms with Crippen LogP contribution in [0.1, 0.15) is 31.4 Å². The molecule has 5 nitrogen and oxygen atoms in total. The maximum Gasteiger partial charge on any atom is 0.225 e. The summed E-state index contributed by atoms with van der Waals surface area (Å²) in [4.78, 5) is 18.1. The zero-order valence-corrected chi connectivity index (χ0v) is 11.5. The molecule has 1 aliphatic carbocycles. The molecule has 1 amide bonds. The van der Waals surface area contributed by atoms with Crippen molar-refractivity contribution in [2.75, 3.05) is 13.1 Å². The van der Waals surface area contributed by atoms with Crippen LogP contribution in [-0.2, 0) is 18.4 Å². The maximum absolute atomic E-state index is 12.0. The van der Waals surface area contributed by atoms with E-state index in [1.807, 2.05) is 24.1 Å². The smallest absolute Gasteiger partial charge is 0.225 e. The molecule has 0 atom stereocenters. The van der Waals surface area contributed by atoms with Gasteiger partial charge in [-0.2, -0.15) is 0 Å². The van der Waals surface area contributed by atoms with E-state index in [0.29, 0.717) is 17.9 Å². The first-order chi connectivity index (χ1) is 9.24. The van der Waals surface area contributed by atoms with E-state index < -0.39 is 0 Å². The monoisotopic (exact) mass is 262 g/mol. The molecule has 1 aromatic heterocycles. The number of nitrogens with one attached hydrogen (secondary N) is 1. The Morgan fingerprint density at radius 1 is 1.37 bits per heavy atom. The predicted molar refractivity (Wildman–Crippen MR) is 72.4 cm³/mol. The summed E-state index contributed by atoms with van der Waals surface area (Å²) in [7, 11) is 2.01. The summed E-state index contributed by atoms with van der Waals surface area (Å²) in [5.41, 5.74) is 1.21.